The summed E-state index contributed by atoms with van der Waals surface area (Å²) in [6, 6.07) is 6.82. The van der Waals surface area contributed by atoms with Crippen LogP contribution in [-0.2, 0) is 15.8 Å². The Balaban J connectivity index is 1.50. The molecule has 0 aromatic heterocycles. The van der Waals surface area contributed by atoms with Gasteiger partial charge < -0.3 is 16.0 Å². The lowest BCUT2D eigenvalue weighted by Gasteiger charge is -2.20. The second kappa shape index (κ2) is 9.01. The molecule has 5 amide bonds. The standard InChI is InChI=1S/C23H20F4N4O4/c24-16-6-2-1-5-14(16)19(33)28-13-7-8-17(15(11-13)23(25,26)27)29-18(32)12-31-20(34)22(30-21(31)35)9-3-4-10-22/h1-2,5-8,11H,3-4,9-10,12H2,(H,28,33)(H,29,32)(H,30,35). The zero-order chi connectivity index (χ0) is 25.4. The van der Waals surface area contributed by atoms with Crippen LogP contribution in [0.1, 0.15) is 41.6 Å². The van der Waals surface area contributed by atoms with E-state index in [0.717, 1.165) is 31.0 Å². The van der Waals surface area contributed by atoms with Crippen LogP contribution in [0.25, 0.3) is 0 Å². The number of carbonyl (C=O) groups is 4. The highest BCUT2D eigenvalue weighted by molar-refractivity contribution is 6.10. The Bertz CT molecular complexity index is 1210. The van der Waals surface area contributed by atoms with Gasteiger partial charge in [0, 0.05) is 5.69 Å². The number of nitrogens with one attached hydrogen (secondary N) is 3. The largest absolute Gasteiger partial charge is 0.418 e. The molecule has 1 saturated carbocycles. The van der Waals surface area contributed by atoms with Crippen LogP contribution in [0.4, 0.5) is 33.7 Å². The van der Waals surface area contributed by atoms with Crippen molar-refractivity contribution < 1.29 is 36.7 Å². The van der Waals surface area contributed by atoms with Crippen LogP contribution in [0.15, 0.2) is 42.5 Å². The lowest BCUT2D eigenvalue weighted by molar-refractivity contribution is -0.137. The summed E-state index contributed by atoms with van der Waals surface area (Å²) >= 11 is 0. The van der Waals surface area contributed by atoms with Crippen molar-refractivity contribution >= 4 is 35.1 Å². The number of urea groups is 1. The van der Waals surface area contributed by atoms with E-state index >= 15 is 0 Å². The van der Waals surface area contributed by atoms with E-state index in [2.05, 4.69) is 16.0 Å². The molecule has 8 nitrogen and oxygen atoms in total. The van der Waals surface area contributed by atoms with E-state index in [1.165, 1.54) is 18.2 Å². The normalized spacial score (nSPS) is 17.0. The summed E-state index contributed by atoms with van der Waals surface area (Å²) in [6.07, 6.45) is -2.57. The van der Waals surface area contributed by atoms with Gasteiger partial charge in [0.1, 0.15) is 17.9 Å². The number of imide groups is 1. The Morgan fingerprint density at radius 3 is 2.37 bits per heavy atom. The second-order valence-electron chi connectivity index (χ2n) is 8.35. The van der Waals surface area contributed by atoms with Crippen LogP contribution in [0.3, 0.4) is 0 Å². The summed E-state index contributed by atoms with van der Waals surface area (Å²) in [5.41, 5.74) is -3.59. The third-order valence-corrected chi connectivity index (χ3v) is 5.98. The first-order chi connectivity index (χ1) is 16.5. The van der Waals surface area contributed by atoms with Crippen LogP contribution >= 0.6 is 0 Å². The summed E-state index contributed by atoms with van der Waals surface area (Å²) in [4.78, 5) is 50.3. The Kier molecular flexibility index (Phi) is 6.22. The fourth-order valence-corrected chi connectivity index (χ4v) is 4.28. The van der Waals surface area contributed by atoms with Crippen molar-refractivity contribution in [2.24, 2.45) is 0 Å². The number of alkyl halides is 3. The van der Waals surface area contributed by atoms with Crippen LogP contribution in [0.5, 0.6) is 0 Å². The Hall–Kier alpha value is -3.96. The first-order valence-electron chi connectivity index (χ1n) is 10.7. The third kappa shape index (κ3) is 4.81. The minimum atomic E-state index is -4.92. The molecule has 2 aromatic rings. The van der Waals surface area contributed by atoms with Crippen molar-refractivity contribution in [3.63, 3.8) is 0 Å². The molecule has 1 heterocycles. The van der Waals surface area contributed by atoms with Gasteiger partial charge in [-0.05, 0) is 43.2 Å². The van der Waals surface area contributed by atoms with Gasteiger partial charge in [0.2, 0.25) is 5.91 Å². The molecule has 3 N–H and O–H groups in total. The van der Waals surface area contributed by atoms with E-state index in [0.29, 0.717) is 23.8 Å². The van der Waals surface area contributed by atoms with Gasteiger partial charge in [-0.15, -0.1) is 0 Å². The molecule has 1 saturated heterocycles. The molecule has 0 unspecified atom stereocenters. The SMILES string of the molecule is O=C(CN1C(=O)NC2(CCCC2)C1=O)Nc1ccc(NC(=O)c2ccccc2F)cc1C(F)(F)F. The van der Waals surface area contributed by atoms with Gasteiger partial charge in [-0.1, -0.05) is 25.0 Å². The molecule has 1 aliphatic carbocycles. The number of hydrogen-bond acceptors (Lipinski definition) is 4. The maximum absolute atomic E-state index is 13.8. The average molecular weight is 492 g/mol. The van der Waals surface area contributed by atoms with Crippen molar-refractivity contribution in [2.75, 3.05) is 17.2 Å². The molecule has 35 heavy (non-hydrogen) atoms. The highest BCUT2D eigenvalue weighted by atomic mass is 19.4. The Morgan fingerprint density at radius 1 is 1.03 bits per heavy atom. The summed E-state index contributed by atoms with van der Waals surface area (Å²) < 4.78 is 54.8. The Morgan fingerprint density at radius 2 is 1.71 bits per heavy atom. The van der Waals surface area contributed by atoms with E-state index < -0.39 is 59.1 Å². The van der Waals surface area contributed by atoms with Gasteiger partial charge >= 0.3 is 12.2 Å². The number of amides is 5. The third-order valence-electron chi connectivity index (χ3n) is 5.98. The Labute approximate surface area is 196 Å². The molecular weight excluding hydrogens is 472 g/mol. The van der Waals surface area contributed by atoms with Gasteiger partial charge in [0.25, 0.3) is 11.8 Å². The van der Waals surface area contributed by atoms with Gasteiger partial charge in [-0.25, -0.2) is 9.18 Å². The number of hydrogen-bond donors (Lipinski definition) is 3. The van der Waals surface area contributed by atoms with Crippen molar-refractivity contribution in [2.45, 2.75) is 37.4 Å². The van der Waals surface area contributed by atoms with E-state index in [4.69, 9.17) is 0 Å². The van der Waals surface area contributed by atoms with Crippen LogP contribution < -0.4 is 16.0 Å². The maximum Gasteiger partial charge on any atom is 0.418 e. The molecule has 2 aliphatic rings. The summed E-state index contributed by atoms with van der Waals surface area (Å²) in [5.74, 6) is -3.37. The number of rotatable bonds is 5. The number of halogens is 4. The highest BCUT2D eigenvalue weighted by Crippen LogP contribution is 2.37. The van der Waals surface area contributed by atoms with Crippen LogP contribution in [0.2, 0.25) is 0 Å². The van der Waals surface area contributed by atoms with E-state index in [1.807, 2.05) is 0 Å². The highest BCUT2D eigenvalue weighted by Gasteiger charge is 2.52. The first kappa shape index (κ1) is 24.2. The zero-order valence-corrected chi connectivity index (χ0v) is 18.2. The van der Waals surface area contributed by atoms with Crippen molar-refractivity contribution in [1.82, 2.24) is 10.2 Å². The zero-order valence-electron chi connectivity index (χ0n) is 18.2. The molecule has 0 bridgehead atoms. The lowest BCUT2D eigenvalue weighted by Crippen LogP contribution is -2.44. The quantitative estimate of drug-likeness (QED) is 0.435. The van der Waals surface area contributed by atoms with E-state index in [-0.39, 0.29) is 11.3 Å². The van der Waals surface area contributed by atoms with Gasteiger partial charge in [0.15, 0.2) is 0 Å². The smallest absolute Gasteiger partial charge is 0.324 e. The predicted octanol–water partition coefficient (Wildman–Crippen LogP) is 3.90. The lowest BCUT2D eigenvalue weighted by atomic mass is 9.98. The molecule has 2 fully saturated rings. The minimum Gasteiger partial charge on any atom is -0.324 e. The number of anilines is 2. The molecule has 2 aromatic carbocycles. The minimum absolute atomic E-state index is 0.277. The first-order valence-corrected chi connectivity index (χ1v) is 10.7. The van der Waals surface area contributed by atoms with E-state index in [9.17, 15) is 36.7 Å². The molecule has 0 atom stereocenters. The van der Waals surface area contributed by atoms with Crippen molar-refractivity contribution in [3.8, 4) is 0 Å². The molecule has 0 radical (unpaired) electrons. The monoisotopic (exact) mass is 492 g/mol. The topological polar surface area (TPSA) is 108 Å². The second-order valence-corrected chi connectivity index (χ2v) is 8.35. The number of benzene rings is 2. The molecule has 4 rings (SSSR count). The van der Waals surface area contributed by atoms with Crippen LogP contribution in [-0.4, -0.2) is 40.7 Å². The number of carbonyl (C=O) groups excluding carboxylic acids is 4. The van der Waals surface area contributed by atoms with Crippen LogP contribution in [0, 0.1) is 5.82 Å². The van der Waals surface area contributed by atoms with Gasteiger partial charge in [-0.2, -0.15) is 13.2 Å². The molecular formula is C23H20F4N4O4. The summed E-state index contributed by atoms with van der Waals surface area (Å²) in [6.45, 7) is -0.754. The fourth-order valence-electron chi connectivity index (χ4n) is 4.28. The average Bonchev–Trinajstić information content (AvgIpc) is 3.35. The maximum atomic E-state index is 13.8. The summed E-state index contributed by atoms with van der Waals surface area (Å²) in [5, 5.41) is 6.86. The van der Waals surface area contributed by atoms with Gasteiger partial charge in [-0.3, -0.25) is 19.3 Å². The van der Waals surface area contributed by atoms with Crippen molar-refractivity contribution in [3.05, 3.63) is 59.4 Å². The van der Waals surface area contributed by atoms with Gasteiger partial charge in [0.05, 0.1) is 16.8 Å². The summed E-state index contributed by atoms with van der Waals surface area (Å²) in [7, 11) is 0. The number of nitrogens with zero attached hydrogens (tertiary/aromatic N) is 1. The molecule has 1 spiro atoms. The molecule has 184 valence electrons. The molecule has 1 aliphatic heterocycles. The predicted molar refractivity (Wildman–Crippen MR) is 116 cm³/mol. The van der Waals surface area contributed by atoms with Crippen molar-refractivity contribution in [1.29, 1.82) is 0 Å². The van der Waals surface area contributed by atoms with E-state index in [1.54, 1.807) is 0 Å². The molecule has 12 heteroatoms. The fraction of sp³-hybridized carbons (Fsp3) is 0.304.